The van der Waals surface area contributed by atoms with Crippen molar-refractivity contribution in [2.75, 3.05) is 0 Å². The number of pyridine rings is 1. The summed E-state index contributed by atoms with van der Waals surface area (Å²) in [6.07, 6.45) is 3.80. The Morgan fingerprint density at radius 2 is 1.75 bits per heavy atom. The lowest BCUT2D eigenvalue weighted by molar-refractivity contribution is 1.16. The number of aromatic nitrogens is 2. The van der Waals surface area contributed by atoms with Crippen LogP contribution < -0.4 is 0 Å². The molecule has 0 radical (unpaired) electrons. The topological polar surface area (TPSA) is 29.7 Å². The van der Waals surface area contributed by atoms with Crippen molar-refractivity contribution in [3.05, 3.63) is 89.7 Å². The van der Waals surface area contributed by atoms with Crippen LogP contribution in [0.1, 0.15) is 5.69 Å². The van der Waals surface area contributed by atoms with Gasteiger partial charge in [0.2, 0.25) is 0 Å². The molecule has 0 aliphatic heterocycles. The van der Waals surface area contributed by atoms with Gasteiger partial charge in [0.1, 0.15) is 11.5 Å². The molecule has 24 heavy (non-hydrogen) atoms. The van der Waals surface area contributed by atoms with Gasteiger partial charge in [0.25, 0.3) is 0 Å². The molecule has 2 aromatic heterocycles. The van der Waals surface area contributed by atoms with Gasteiger partial charge in [0, 0.05) is 16.8 Å². The summed E-state index contributed by atoms with van der Waals surface area (Å²) in [5, 5.41) is 0.671. The molecule has 4 aromatic rings. The largest absolute Gasteiger partial charge is 0.299 e. The van der Waals surface area contributed by atoms with Crippen molar-refractivity contribution in [1.82, 2.24) is 9.38 Å². The maximum atomic E-state index is 6.01. The highest BCUT2D eigenvalue weighted by Crippen LogP contribution is 2.23. The fourth-order valence-electron chi connectivity index (χ4n) is 2.64. The number of benzene rings is 2. The molecule has 4 heteroatoms. The minimum Gasteiger partial charge on any atom is -0.299 e. The first kappa shape index (κ1) is 14.7. The van der Waals surface area contributed by atoms with Gasteiger partial charge in [-0.05, 0) is 30.3 Å². The summed E-state index contributed by atoms with van der Waals surface area (Å²) in [6.45, 7) is 0. The number of imidazole rings is 1. The highest BCUT2D eigenvalue weighted by atomic mass is 35.5. The van der Waals surface area contributed by atoms with Gasteiger partial charge in [-0.15, -0.1) is 0 Å². The lowest BCUT2D eigenvalue weighted by Crippen LogP contribution is -1.87. The Kier molecular flexibility index (Phi) is 3.85. The van der Waals surface area contributed by atoms with E-state index < -0.39 is 0 Å². The quantitative estimate of drug-likeness (QED) is 0.462. The monoisotopic (exact) mass is 331 g/mol. The standard InChI is InChI=1S/C20H14ClN3/c21-16-9-6-10-17(13-16)22-14-18-19-11-4-5-12-24(19)20(23-18)15-7-2-1-3-8-15/h1-14H. The van der Waals surface area contributed by atoms with Crippen LogP contribution in [0.3, 0.4) is 0 Å². The van der Waals surface area contributed by atoms with Gasteiger partial charge >= 0.3 is 0 Å². The second-order valence-corrected chi connectivity index (χ2v) is 5.82. The minimum absolute atomic E-state index is 0.671. The lowest BCUT2D eigenvalue weighted by Gasteiger charge is -1.99. The van der Waals surface area contributed by atoms with Crippen molar-refractivity contribution in [2.24, 2.45) is 4.99 Å². The van der Waals surface area contributed by atoms with Gasteiger partial charge in [-0.3, -0.25) is 9.39 Å². The molecular weight excluding hydrogens is 318 g/mol. The Labute approximate surface area is 144 Å². The molecule has 2 heterocycles. The van der Waals surface area contributed by atoms with Crippen LogP contribution in [0.4, 0.5) is 5.69 Å². The third kappa shape index (κ3) is 2.82. The summed E-state index contributed by atoms with van der Waals surface area (Å²) < 4.78 is 2.08. The molecule has 0 aliphatic carbocycles. The molecule has 0 fully saturated rings. The van der Waals surface area contributed by atoms with E-state index in [1.807, 2.05) is 66.9 Å². The SMILES string of the molecule is Clc1cccc(N=Cc2nc(-c3ccccc3)n3ccccc23)c1. The number of hydrogen-bond acceptors (Lipinski definition) is 2. The van der Waals surface area contributed by atoms with Crippen LogP contribution in [0.5, 0.6) is 0 Å². The van der Waals surface area contributed by atoms with Gasteiger partial charge < -0.3 is 0 Å². The summed E-state index contributed by atoms with van der Waals surface area (Å²) >= 11 is 6.01. The van der Waals surface area contributed by atoms with E-state index in [0.717, 1.165) is 28.3 Å². The molecule has 0 amide bonds. The normalized spacial score (nSPS) is 11.4. The molecule has 0 spiro atoms. The van der Waals surface area contributed by atoms with Gasteiger partial charge in [0.05, 0.1) is 17.4 Å². The molecule has 0 aliphatic rings. The maximum absolute atomic E-state index is 6.01. The van der Waals surface area contributed by atoms with Crippen LogP contribution in [-0.2, 0) is 0 Å². The highest BCUT2D eigenvalue weighted by molar-refractivity contribution is 6.30. The number of rotatable bonds is 3. The zero-order valence-corrected chi connectivity index (χ0v) is 13.6. The Bertz CT molecular complexity index is 1020. The van der Waals surface area contributed by atoms with Crippen molar-refractivity contribution in [3.8, 4) is 11.4 Å². The molecule has 0 atom stereocenters. The summed E-state index contributed by atoms with van der Waals surface area (Å²) in [5.74, 6) is 0.902. The van der Waals surface area contributed by atoms with E-state index in [2.05, 4.69) is 21.5 Å². The molecule has 2 aromatic carbocycles. The zero-order chi connectivity index (χ0) is 16.4. The predicted octanol–water partition coefficient (Wildman–Crippen LogP) is 5.41. The molecule has 116 valence electrons. The van der Waals surface area contributed by atoms with Crippen molar-refractivity contribution < 1.29 is 0 Å². The molecule has 0 saturated carbocycles. The van der Waals surface area contributed by atoms with Crippen LogP contribution in [0, 0.1) is 0 Å². The molecular formula is C20H14ClN3. The summed E-state index contributed by atoms with van der Waals surface area (Å²) in [6, 6.07) is 23.6. The van der Waals surface area contributed by atoms with Crippen LogP contribution in [0.15, 0.2) is 84.0 Å². The maximum Gasteiger partial charge on any atom is 0.145 e. The third-order valence-electron chi connectivity index (χ3n) is 3.75. The Balaban J connectivity index is 1.82. The molecule has 3 nitrogen and oxygen atoms in total. The number of fused-ring (bicyclic) bond motifs is 1. The number of hydrogen-bond donors (Lipinski definition) is 0. The van der Waals surface area contributed by atoms with Crippen molar-refractivity contribution in [3.63, 3.8) is 0 Å². The van der Waals surface area contributed by atoms with E-state index in [0.29, 0.717) is 5.02 Å². The van der Waals surface area contributed by atoms with E-state index in [1.54, 1.807) is 6.21 Å². The summed E-state index contributed by atoms with van der Waals surface area (Å²) in [4.78, 5) is 9.29. The molecule has 0 bridgehead atoms. The fourth-order valence-corrected chi connectivity index (χ4v) is 2.82. The summed E-state index contributed by atoms with van der Waals surface area (Å²) in [7, 11) is 0. The van der Waals surface area contributed by atoms with E-state index >= 15 is 0 Å². The molecule has 0 N–H and O–H groups in total. The van der Waals surface area contributed by atoms with Crippen LogP contribution in [0.2, 0.25) is 5.02 Å². The van der Waals surface area contributed by atoms with E-state index in [4.69, 9.17) is 16.6 Å². The van der Waals surface area contributed by atoms with Crippen molar-refractivity contribution >= 4 is 29.0 Å². The molecule has 4 rings (SSSR count). The molecule has 0 unspecified atom stereocenters. The van der Waals surface area contributed by atoms with E-state index in [-0.39, 0.29) is 0 Å². The smallest absolute Gasteiger partial charge is 0.145 e. The lowest BCUT2D eigenvalue weighted by atomic mass is 10.2. The molecule has 0 saturated heterocycles. The van der Waals surface area contributed by atoms with Gasteiger partial charge in [-0.1, -0.05) is 54.1 Å². The van der Waals surface area contributed by atoms with Crippen molar-refractivity contribution in [2.45, 2.75) is 0 Å². The van der Waals surface area contributed by atoms with Crippen LogP contribution in [-0.4, -0.2) is 15.6 Å². The van der Waals surface area contributed by atoms with Gasteiger partial charge in [0.15, 0.2) is 0 Å². The second-order valence-electron chi connectivity index (χ2n) is 5.38. The first-order chi connectivity index (χ1) is 11.8. The Morgan fingerprint density at radius 3 is 2.58 bits per heavy atom. The third-order valence-corrected chi connectivity index (χ3v) is 3.99. The number of aliphatic imine (C=N–C) groups is 1. The van der Waals surface area contributed by atoms with Gasteiger partial charge in [-0.25, -0.2) is 4.98 Å². The number of nitrogens with zero attached hydrogens (tertiary/aromatic N) is 3. The van der Waals surface area contributed by atoms with E-state index in [9.17, 15) is 0 Å². The average Bonchev–Trinajstić information content (AvgIpc) is 3.00. The summed E-state index contributed by atoms with van der Waals surface area (Å²) in [5.41, 5.74) is 3.72. The van der Waals surface area contributed by atoms with Gasteiger partial charge in [-0.2, -0.15) is 0 Å². The van der Waals surface area contributed by atoms with E-state index in [1.165, 1.54) is 0 Å². The van der Waals surface area contributed by atoms with Crippen molar-refractivity contribution in [1.29, 1.82) is 0 Å². The first-order valence-corrected chi connectivity index (χ1v) is 8.01. The second kappa shape index (κ2) is 6.30. The highest BCUT2D eigenvalue weighted by Gasteiger charge is 2.10. The van der Waals surface area contributed by atoms with Crippen LogP contribution >= 0.6 is 11.6 Å². The first-order valence-electron chi connectivity index (χ1n) is 7.63. The average molecular weight is 332 g/mol. The zero-order valence-electron chi connectivity index (χ0n) is 12.8. The Morgan fingerprint density at radius 1 is 0.917 bits per heavy atom. The van der Waals surface area contributed by atoms with Crippen LogP contribution in [0.25, 0.3) is 16.9 Å². The number of halogens is 1. The fraction of sp³-hybridized carbons (Fsp3) is 0. The predicted molar refractivity (Wildman–Crippen MR) is 99.3 cm³/mol. The minimum atomic E-state index is 0.671. The Hall–Kier alpha value is -2.91.